The Morgan fingerprint density at radius 3 is 2.71 bits per heavy atom. The van der Waals surface area contributed by atoms with Crippen LogP contribution < -0.4 is 0 Å². The second-order valence-corrected chi connectivity index (χ2v) is 9.45. The van der Waals surface area contributed by atoms with E-state index in [2.05, 4.69) is 18.8 Å². The number of sulfonamides is 1. The highest BCUT2D eigenvalue weighted by atomic mass is 32.2. The largest absolute Gasteiger partial charge is 0.318 e. The van der Waals surface area contributed by atoms with Gasteiger partial charge in [-0.05, 0) is 23.8 Å². The molecule has 1 aromatic heterocycles. The zero-order valence-electron chi connectivity index (χ0n) is 14.1. The Balaban J connectivity index is 1.77. The van der Waals surface area contributed by atoms with Gasteiger partial charge in [0.25, 0.3) is 10.0 Å². The summed E-state index contributed by atoms with van der Waals surface area (Å²) in [6.07, 6.45) is 4.21. The van der Waals surface area contributed by atoms with Crippen molar-refractivity contribution in [2.75, 3.05) is 6.54 Å². The minimum atomic E-state index is -3.56. The fraction of sp³-hybridized carbons (Fsp3) is 0.500. The summed E-state index contributed by atoms with van der Waals surface area (Å²) in [5, 5.41) is 0.355. The number of aromatic nitrogens is 2. The standard InChI is InChI=1S/C18H23N3O2S/c1-18(2)11-15(14-7-4-3-5-8-14)21(13-18)24(22,23)17-12-19-16-9-6-10-20(16)17/h3-5,7-8,12,15H,6,9-11,13H2,1-2H3. The van der Waals surface area contributed by atoms with Crippen molar-refractivity contribution >= 4 is 10.0 Å². The summed E-state index contributed by atoms with van der Waals surface area (Å²) in [7, 11) is -3.56. The van der Waals surface area contributed by atoms with E-state index in [0.717, 1.165) is 37.2 Å². The van der Waals surface area contributed by atoms with Crippen LogP contribution in [0.5, 0.6) is 0 Å². The van der Waals surface area contributed by atoms with Gasteiger partial charge in [0.15, 0.2) is 5.03 Å². The van der Waals surface area contributed by atoms with E-state index in [1.165, 1.54) is 6.20 Å². The average molecular weight is 345 g/mol. The highest BCUT2D eigenvalue weighted by Crippen LogP contribution is 2.45. The second kappa shape index (κ2) is 5.43. The molecule has 0 N–H and O–H groups in total. The molecule has 1 saturated heterocycles. The van der Waals surface area contributed by atoms with Crippen molar-refractivity contribution in [2.45, 2.75) is 50.7 Å². The van der Waals surface area contributed by atoms with Gasteiger partial charge in [-0.25, -0.2) is 13.4 Å². The molecule has 1 atom stereocenters. The lowest BCUT2D eigenvalue weighted by Gasteiger charge is -2.24. The monoisotopic (exact) mass is 345 g/mol. The van der Waals surface area contributed by atoms with Crippen LogP contribution in [0.4, 0.5) is 0 Å². The SMILES string of the molecule is CC1(C)CC(c2ccccc2)N(S(=O)(=O)c2cnc3n2CCC3)C1. The molecule has 2 aliphatic rings. The van der Waals surface area contributed by atoms with Gasteiger partial charge < -0.3 is 4.57 Å². The third-order valence-electron chi connectivity index (χ3n) is 5.12. The van der Waals surface area contributed by atoms with Crippen LogP contribution in [0.1, 0.15) is 44.1 Å². The molecule has 0 aliphatic carbocycles. The molecule has 128 valence electrons. The Morgan fingerprint density at radius 1 is 1.21 bits per heavy atom. The third kappa shape index (κ3) is 2.48. The van der Waals surface area contributed by atoms with Crippen LogP contribution in [-0.2, 0) is 23.0 Å². The highest BCUT2D eigenvalue weighted by Gasteiger charge is 2.46. The number of rotatable bonds is 3. The molecule has 0 saturated carbocycles. The highest BCUT2D eigenvalue weighted by molar-refractivity contribution is 7.89. The van der Waals surface area contributed by atoms with Gasteiger partial charge in [-0.1, -0.05) is 44.2 Å². The molecule has 5 nitrogen and oxygen atoms in total. The van der Waals surface area contributed by atoms with Crippen molar-refractivity contribution in [3.63, 3.8) is 0 Å². The molecule has 2 aromatic rings. The van der Waals surface area contributed by atoms with Gasteiger partial charge in [0.2, 0.25) is 0 Å². The van der Waals surface area contributed by atoms with Crippen molar-refractivity contribution in [3.05, 3.63) is 47.9 Å². The predicted octanol–water partition coefficient (Wildman–Crippen LogP) is 2.99. The van der Waals surface area contributed by atoms with E-state index in [0.29, 0.717) is 11.6 Å². The summed E-state index contributed by atoms with van der Waals surface area (Å²) in [6.45, 7) is 5.56. The summed E-state index contributed by atoms with van der Waals surface area (Å²) in [5.41, 5.74) is 1.02. The number of nitrogens with zero attached hydrogens (tertiary/aromatic N) is 3. The second-order valence-electron chi connectivity index (χ2n) is 7.61. The number of hydrogen-bond acceptors (Lipinski definition) is 3. The zero-order chi connectivity index (χ0) is 16.9. The van der Waals surface area contributed by atoms with Crippen LogP contribution in [0.2, 0.25) is 0 Å². The predicted molar refractivity (Wildman–Crippen MR) is 92.0 cm³/mol. The first kappa shape index (κ1) is 15.8. The maximum atomic E-state index is 13.4. The lowest BCUT2D eigenvalue weighted by molar-refractivity contribution is 0.366. The van der Waals surface area contributed by atoms with Gasteiger partial charge in [0, 0.05) is 19.5 Å². The Labute approximate surface area is 143 Å². The molecular weight excluding hydrogens is 322 g/mol. The van der Waals surface area contributed by atoms with Gasteiger partial charge in [0.1, 0.15) is 5.82 Å². The van der Waals surface area contributed by atoms with Crippen LogP contribution in [-0.4, -0.2) is 28.8 Å². The molecule has 0 radical (unpaired) electrons. The molecule has 1 unspecified atom stereocenters. The first-order valence-electron chi connectivity index (χ1n) is 8.50. The Hall–Kier alpha value is -1.66. The van der Waals surface area contributed by atoms with E-state index < -0.39 is 10.0 Å². The summed E-state index contributed by atoms with van der Waals surface area (Å²) in [4.78, 5) is 4.33. The lowest BCUT2D eigenvalue weighted by Crippen LogP contribution is -2.33. The number of hydrogen-bond donors (Lipinski definition) is 0. The molecule has 2 aliphatic heterocycles. The van der Waals surface area contributed by atoms with E-state index in [4.69, 9.17) is 0 Å². The molecule has 1 aromatic carbocycles. The van der Waals surface area contributed by atoms with Crippen LogP contribution >= 0.6 is 0 Å². The third-order valence-corrected chi connectivity index (χ3v) is 6.97. The minimum Gasteiger partial charge on any atom is -0.318 e. The number of aryl methyl sites for hydroxylation is 1. The first-order valence-corrected chi connectivity index (χ1v) is 9.94. The number of benzene rings is 1. The summed E-state index contributed by atoms with van der Waals surface area (Å²) in [5.74, 6) is 0.892. The van der Waals surface area contributed by atoms with Crippen LogP contribution in [0.25, 0.3) is 0 Å². The van der Waals surface area contributed by atoms with E-state index in [1.807, 2.05) is 34.9 Å². The van der Waals surface area contributed by atoms with Gasteiger partial charge in [0.05, 0.1) is 12.2 Å². The Bertz CT molecular complexity index is 856. The van der Waals surface area contributed by atoms with Crippen LogP contribution in [0.3, 0.4) is 0 Å². The van der Waals surface area contributed by atoms with E-state index in [9.17, 15) is 8.42 Å². The fourth-order valence-corrected chi connectivity index (χ4v) is 5.94. The summed E-state index contributed by atoms with van der Waals surface area (Å²) in [6, 6.07) is 9.85. The summed E-state index contributed by atoms with van der Waals surface area (Å²) >= 11 is 0. The Kier molecular flexibility index (Phi) is 3.58. The van der Waals surface area contributed by atoms with Crippen molar-refractivity contribution in [3.8, 4) is 0 Å². The number of imidazole rings is 1. The van der Waals surface area contributed by atoms with Gasteiger partial charge in [-0.15, -0.1) is 0 Å². The van der Waals surface area contributed by atoms with E-state index in [1.54, 1.807) is 4.31 Å². The van der Waals surface area contributed by atoms with Crippen molar-refractivity contribution in [1.29, 1.82) is 0 Å². The van der Waals surface area contributed by atoms with Crippen molar-refractivity contribution in [1.82, 2.24) is 13.9 Å². The lowest BCUT2D eigenvalue weighted by atomic mass is 9.89. The smallest absolute Gasteiger partial charge is 0.260 e. The molecule has 4 rings (SSSR count). The van der Waals surface area contributed by atoms with E-state index in [-0.39, 0.29) is 11.5 Å². The fourth-order valence-electron chi connectivity index (χ4n) is 3.99. The minimum absolute atomic E-state index is 0.0402. The molecule has 3 heterocycles. The normalized spacial score (nSPS) is 23.5. The van der Waals surface area contributed by atoms with Crippen LogP contribution in [0, 0.1) is 5.41 Å². The molecule has 6 heteroatoms. The topological polar surface area (TPSA) is 55.2 Å². The van der Waals surface area contributed by atoms with Crippen molar-refractivity contribution in [2.24, 2.45) is 5.41 Å². The Morgan fingerprint density at radius 2 is 1.96 bits per heavy atom. The maximum Gasteiger partial charge on any atom is 0.260 e. The summed E-state index contributed by atoms with van der Waals surface area (Å²) < 4.78 is 30.3. The molecular formula is C18H23N3O2S. The van der Waals surface area contributed by atoms with Crippen molar-refractivity contribution < 1.29 is 8.42 Å². The van der Waals surface area contributed by atoms with Gasteiger partial charge >= 0.3 is 0 Å². The first-order chi connectivity index (χ1) is 11.4. The zero-order valence-corrected chi connectivity index (χ0v) is 15.0. The van der Waals surface area contributed by atoms with Crippen LogP contribution in [0.15, 0.2) is 41.6 Å². The molecule has 0 amide bonds. The average Bonchev–Trinajstić information content (AvgIpc) is 3.21. The quantitative estimate of drug-likeness (QED) is 0.859. The van der Waals surface area contributed by atoms with Gasteiger partial charge in [-0.2, -0.15) is 4.31 Å². The van der Waals surface area contributed by atoms with Gasteiger partial charge in [-0.3, -0.25) is 0 Å². The molecule has 0 spiro atoms. The van der Waals surface area contributed by atoms with E-state index >= 15 is 0 Å². The molecule has 0 bridgehead atoms. The molecule has 1 fully saturated rings. The maximum absolute atomic E-state index is 13.4. The molecule has 24 heavy (non-hydrogen) atoms. The number of fused-ring (bicyclic) bond motifs is 1.